The lowest BCUT2D eigenvalue weighted by atomic mass is 10.0. The summed E-state index contributed by atoms with van der Waals surface area (Å²) < 4.78 is 13.0. The summed E-state index contributed by atoms with van der Waals surface area (Å²) in [6.07, 6.45) is 3.21. The summed E-state index contributed by atoms with van der Waals surface area (Å²) in [5.74, 6) is -0.211. The lowest BCUT2D eigenvalue weighted by molar-refractivity contribution is 0.102. The van der Waals surface area contributed by atoms with Crippen LogP contribution in [-0.2, 0) is 19.4 Å². The average molecular weight is 378 g/mol. The second-order valence-electron chi connectivity index (χ2n) is 6.36. The molecule has 6 heteroatoms. The van der Waals surface area contributed by atoms with Crippen LogP contribution in [0.15, 0.2) is 54.7 Å². The van der Waals surface area contributed by atoms with Crippen molar-refractivity contribution >= 4 is 17.5 Å². The molecule has 28 heavy (non-hydrogen) atoms. The predicted molar refractivity (Wildman–Crippen MR) is 109 cm³/mol. The monoisotopic (exact) mass is 378 g/mol. The first-order valence-electron chi connectivity index (χ1n) is 9.34. The SMILES string of the molecule is CCc1cccc(CC)c1NC(=O)c1ccnc(NCc2ccc(F)cc2)n1. The van der Waals surface area contributed by atoms with E-state index in [1.54, 1.807) is 24.4 Å². The molecular formula is C22H23FN4O. The van der Waals surface area contributed by atoms with Crippen LogP contribution in [0.25, 0.3) is 0 Å². The van der Waals surface area contributed by atoms with Crippen molar-refractivity contribution in [3.63, 3.8) is 0 Å². The minimum absolute atomic E-state index is 0.275. The van der Waals surface area contributed by atoms with E-state index in [1.165, 1.54) is 12.1 Å². The van der Waals surface area contributed by atoms with Gasteiger partial charge >= 0.3 is 0 Å². The fourth-order valence-electron chi connectivity index (χ4n) is 2.93. The number of benzene rings is 2. The third-order valence-electron chi connectivity index (χ3n) is 4.49. The standard InChI is InChI=1S/C22H23FN4O/c1-3-16-6-5-7-17(4-2)20(16)27-21(28)19-12-13-24-22(26-19)25-14-15-8-10-18(23)11-9-15/h5-13H,3-4,14H2,1-2H3,(H,27,28)(H,24,25,26). The molecule has 0 unspecified atom stereocenters. The number of aromatic nitrogens is 2. The van der Waals surface area contributed by atoms with Crippen LogP contribution in [0.5, 0.6) is 0 Å². The van der Waals surface area contributed by atoms with E-state index in [4.69, 9.17) is 0 Å². The number of aryl methyl sites for hydroxylation is 2. The van der Waals surface area contributed by atoms with Gasteiger partial charge in [0, 0.05) is 18.4 Å². The molecule has 1 amide bonds. The Balaban J connectivity index is 1.73. The lowest BCUT2D eigenvalue weighted by Crippen LogP contribution is -2.17. The zero-order chi connectivity index (χ0) is 19.9. The van der Waals surface area contributed by atoms with Crippen LogP contribution in [0.3, 0.4) is 0 Å². The Morgan fingerprint density at radius 1 is 1.00 bits per heavy atom. The Labute approximate surface area is 164 Å². The average Bonchev–Trinajstić information content (AvgIpc) is 2.73. The van der Waals surface area contributed by atoms with E-state index in [2.05, 4.69) is 34.4 Å². The highest BCUT2D eigenvalue weighted by molar-refractivity contribution is 6.03. The van der Waals surface area contributed by atoms with Crippen molar-refractivity contribution in [1.29, 1.82) is 0 Å². The number of para-hydroxylation sites is 1. The maximum Gasteiger partial charge on any atom is 0.274 e. The summed E-state index contributed by atoms with van der Waals surface area (Å²) >= 11 is 0. The summed E-state index contributed by atoms with van der Waals surface area (Å²) in [6.45, 7) is 4.56. The summed E-state index contributed by atoms with van der Waals surface area (Å²) in [4.78, 5) is 21.2. The van der Waals surface area contributed by atoms with Crippen LogP contribution in [0.1, 0.15) is 41.0 Å². The summed E-state index contributed by atoms with van der Waals surface area (Å²) in [5, 5.41) is 6.07. The predicted octanol–water partition coefficient (Wildman–Crippen LogP) is 4.60. The van der Waals surface area contributed by atoms with Crippen molar-refractivity contribution in [1.82, 2.24) is 9.97 Å². The largest absolute Gasteiger partial charge is 0.350 e. The Kier molecular flexibility index (Phi) is 6.32. The minimum atomic E-state index is -0.280. The summed E-state index contributed by atoms with van der Waals surface area (Å²) in [6, 6.07) is 13.8. The van der Waals surface area contributed by atoms with Crippen LogP contribution in [-0.4, -0.2) is 15.9 Å². The number of amides is 1. The van der Waals surface area contributed by atoms with Crippen molar-refractivity contribution in [2.24, 2.45) is 0 Å². The highest BCUT2D eigenvalue weighted by atomic mass is 19.1. The smallest absolute Gasteiger partial charge is 0.274 e. The topological polar surface area (TPSA) is 66.9 Å². The molecule has 3 rings (SSSR count). The Morgan fingerprint density at radius 3 is 2.32 bits per heavy atom. The van der Waals surface area contributed by atoms with Gasteiger partial charge in [0.1, 0.15) is 11.5 Å². The van der Waals surface area contributed by atoms with Crippen LogP contribution in [0.2, 0.25) is 0 Å². The van der Waals surface area contributed by atoms with Gasteiger partial charge in [0.25, 0.3) is 5.91 Å². The molecule has 0 saturated carbocycles. The van der Waals surface area contributed by atoms with Crippen LogP contribution in [0, 0.1) is 5.82 Å². The molecule has 1 heterocycles. The van der Waals surface area contributed by atoms with Crippen LogP contribution >= 0.6 is 0 Å². The number of anilines is 2. The molecule has 0 spiro atoms. The fraction of sp³-hybridized carbons (Fsp3) is 0.227. The molecule has 0 bridgehead atoms. The van der Waals surface area contributed by atoms with Crippen molar-refractivity contribution in [2.45, 2.75) is 33.2 Å². The van der Waals surface area contributed by atoms with Gasteiger partial charge in [-0.1, -0.05) is 44.2 Å². The molecular weight excluding hydrogens is 355 g/mol. The second-order valence-corrected chi connectivity index (χ2v) is 6.36. The van der Waals surface area contributed by atoms with Gasteiger partial charge in [0.2, 0.25) is 5.95 Å². The zero-order valence-corrected chi connectivity index (χ0v) is 16.0. The van der Waals surface area contributed by atoms with Crippen LogP contribution in [0.4, 0.5) is 16.0 Å². The van der Waals surface area contributed by atoms with Gasteiger partial charge in [-0.2, -0.15) is 0 Å². The van der Waals surface area contributed by atoms with Gasteiger partial charge in [-0.15, -0.1) is 0 Å². The van der Waals surface area contributed by atoms with E-state index in [9.17, 15) is 9.18 Å². The zero-order valence-electron chi connectivity index (χ0n) is 16.0. The highest BCUT2D eigenvalue weighted by Gasteiger charge is 2.13. The summed E-state index contributed by atoms with van der Waals surface area (Å²) in [7, 11) is 0. The van der Waals surface area contributed by atoms with Gasteiger partial charge in [-0.3, -0.25) is 4.79 Å². The van der Waals surface area contributed by atoms with E-state index in [0.29, 0.717) is 12.5 Å². The number of hydrogen-bond acceptors (Lipinski definition) is 4. The van der Waals surface area contributed by atoms with E-state index < -0.39 is 0 Å². The maximum atomic E-state index is 13.0. The molecule has 2 aromatic carbocycles. The van der Waals surface area contributed by atoms with Gasteiger partial charge in [-0.25, -0.2) is 14.4 Å². The summed E-state index contributed by atoms with van der Waals surface area (Å²) in [5.41, 5.74) is 4.22. The van der Waals surface area contributed by atoms with Crippen molar-refractivity contribution in [3.05, 3.63) is 82.9 Å². The molecule has 0 atom stereocenters. The first kappa shape index (κ1) is 19.5. The number of carbonyl (C=O) groups excluding carboxylic acids is 1. The number of carbonyl (C=O) groups is 1. The van der Waals surface area contributed by atoms with Crippen LogP contribution < -0.4 is 10.6 Å². The molecule has 0 fully saturated rings. The van der Waals surface area contributed by atoms with E-state index in [-0.39, 0.29) is 17.4 Å². The molecule has 5 nitrogen and oxygen atoms in total. The molecule has 3 aromatic rings. The second kappa shape index (κ2) is 9.08. The normalized spacial score (nSPS) is 10.5. The molecule has 1 aromatic heterocycles. The van der Waals surface area contributed by atoms with E-state index in [1.807, 2.05) is 18.2 Å². The molecule has 0 aliphatic heterocycles. The Bertz CT molecular complexity index is 935. The Morgan fingerprint density at radius 2 is 1.68 bits per heavy atom. The molecule has 0 saturated heterocycles. The number of halogens is 1. The molecule has 2 N–H and O–H groups in total. The highest BCUT2D eigenvalue weighted by Crippen LogP contribution is 2.23. The van der Waals surface area contributed by atoms with Gasteiger partial charge in [0.15, 0.2) is 0 Å². The first-order chi connectivity index (χ1) is 13.6. The van der Waals surface area contributed by atoms with Crippen molar-refractivity contribution < 1.29 is 9.18 Å². The van der Waals surface area contributed by atoms with Crippen molar-refractivity contribution in [2.75, 3.05) is 10.6 Å². The van der Waals surface area contributed by atoms with E-state index >= 15 is 0 Å². The van der Waals surface area contributed by atoms with E-state index in [0.717, 1.165) is 35.2 Å². The number of rotatable bonds is 7. The molecule has 0 aliphatic rings. The number of nitrogens with one attached hydrogen (secondary N) is 2. The van der Waals surface area contributed by atoms with Gasteiger partial charge in [-0.05, 0) is 47.7 Å². The minimum Gasteiger partial charge on any atom is -0.350 e. The molecule has 0 radical (unpaired) electrons. The third kappa shape index (κ3) is 4.71. The fourth-order valence-corrected chi connectivity index (χ4v) is 2.93. The Hall–Kier alpha value is -3.28. The van der Waals surface area contributed by atoms with Gasteiger partial charge in [0.05, 0.1) is 0 Å². The maximum absolute atomic E-state index is 13.0. The first-order valence-corrected chi connectivity index (χ1v) is 9.34. The van der Waals surface area contributed by atoms with Gasteiger partial charge < -0.3 is 10.6 Å². The quantitative estimate of drug-likeness (QED) is 0.630. The lowest BCUT2D eigenvalue weighted by Gasteiger charge is -2.14. The molecule has 144 valence electrons. The van der Waals surface area contributed by atoms with Crippen molar-refractivity contribution in [3.8, 4) is 0 Å². The molecule has 0 aliphatic carbocycles. The third-order valence-corrected chi connectivity index (χ3v) is 4.49. The number of nitrogens with zero attached hydrogens (tertiary/aromatic N) is 2. The number of hydrogen-bond donors (Lipinski definition) is 2.